The lowest BCUT2D eigenvalue weighted by Crippen LogP contribution is -2.38. The highest BCUT2D eigenvalue weighted by molar-refractivity contribution is 5.92. The summed E-state index contributed by atoms with van der Waals surface area (Å²) in [5.41, 5.74) is 1.53. The summed E-state index contributed by atoms with van der Waals surface area (Å²) in [6.45, 7) is 7.59. The van der Waals surface area contributed by atoms with Crippen molar-refractivity contribution in [2.75, 3.05) is 13.1 Å². The van der Waals surface area contributed by atoms with Crippen molar-refractivity contribution in [1.29, 1.82) is 0 Å². The van der Waals surface area contributed by atoms with Gasteiger partial charge in [-0.15, -0.1) is 0 Å². The van der Waals surface area contributed by atoms with Crippen molar-refractivity contribution >= 4 is 5.91 Å². The van der Waals surface area contributed by atoms with E-state index < -0.39 is 0 Å². The van der Waals surface area contributed by atoms with E-state index in [0.717, 1.165) is 37.2 Å². The maximum Gasteiger partial charge on any atom is 0.274 e. The van der Waals surface area contributed by atoms with Gasteiger partial charge in [0.2, 0.25) is 5.89 Å². The van der Waals surface area contributed by atoms with E-state index in [2.05, 4.69) is 27.3 Å². The summed E-state index contributed by atoms with van der Waals surface area (Å²) in [5, 5.41) is 11.1. The number of rotatable bonds is 5. The van der Waals surface area contributed by atoms with Gasteiger partial charge in [-0.05, 0) is 25.3 Å². The third-order valence-corrected chi connectivity index (χ3v) is 4.47. The second-order valence-corrected chi connectivity index (χ2v) is 6.74. The standard InChI is InChI=1S/C17H25N5O2/c1-4-5-13-10-14(20-19-13)17(23)22-8-6-12(7-9-22)16-18-15(11(2)3)21-24-16/h10-12H,4-9H2,1-3H3,(H,19,20). The quantitative estimate of drug-likeness (QED) is 0.910. The van der Waals surface area contributed by atoms with E-state index in [1.807, 2.05) is 24.8 Å². The Morgan fingerprint density at radius 3 is 2.79 bits per heavy atom. The topological polar surface area (TPSA) is 87.9 Å². The molecule has 3 heterocycles. The molecule has 0 aliphatic carbocycles. The molecule has 0 radical (unpaired) electrons. The van der Waals surface area contributed by atoms with Crippen LogP contribution in [0.5, 0.6) is 0 Å². The third-order valence-electron chi connectivity index (χ3n) is 4.47. The zero-order valence-electron chi connectivity index (χ0n) is 14.6. The molecule has 0 unspecified atom stereocenters. The Kier molecular flexibility index (Phi) is 4.97. The predicted molar refractivity (Wildman–Crippen MR) is 88.8 cm³/mol. The largest absolute Gasteiger partial charge is 0.339 e. The average Bonchev–Trinajstić information content (AvgIpc) is 3.24. The number of aromatic amines is 1. The normalized spacial score (nSPS) is 16.1. The SMILES string of the molecule is CCCc1cc(C(=O)N2CCC(c3nc(C(C)C)no3)CC2)n[nH]1. The second-order valence-electron chi connectivity index (χ2n) is 6.74. The summed E-state index contributed by atoms with van der Waals surface area (Å²) in [5.74, 6) is 1.96. The van der Waals surface area contributed by atoms with Crippen molar-refractivity contribution in [1.82, 2.24) is 25.2 Å². The first-order valence-corrected chi connectivity index (χ1v) is 8.75. The van der Waals surface area contributed by atoms with E-state index >= 15 is 0 Å². The summed E-state index contributed by atoms with van der Waals surface area (Å²) in [6, 6.07) is 1.87. The lowest BCUT2D eigenvalue weighted by molar-refractivity contribution is 0.0698. The fourth-order valence-corrected chi connectivity index (χ4v) is 3.01. The maximum absolute atomic E-state index is 12.5. The molecule has 7 nitrogen and oxygen atoms in total. The number of H-pyrrole nitrogens is 1. The van der Waals surface area contributed by atoms with Crippen LogP contribution >= 0.6 is 0 Å². The number of likely N-dealkylation sites (tertiary alicyclic amines) is 1. The van der Waals surface area contributed by atoms with E-state index in [0.29, 0.717) is 24.7 Å². The van der Waals surface area contributed by atoms with Crippen LogP contribution in [0.1, 0.15) is 79.8 Å². The van der Waals surface area contributed by atoms with Crippen LogP contribution in [0.2, 0.25) is 0 Å². The van der Waals surface area contributed by atoms with Crippen molar-refractivity contribution in [3.8, 4) is 0 Å². The molecular formula is C17H25N5O2. The van der Waals surface area contributed by atoms with Crippen LogP contribution in [0.25, 0.3) is 0 Å². The van der Waals surface area contributed by atoms with Crippen LogP contribution in [0.3, 0.4) is 0 Å². The Hall–Kier alpha value is -2.18. The highest BCUT2D eigenvalue weighted by atomic mass is 16.5. The minimum Gasteiger partial charge on any atom is -0.339 e. The number of piperidine rings is 1. The molecule has 1 aliphatic rings. The van der Waals surface area contributed by atoms with Gasteiger partial charge in [0.05, 0.1) is 0 Å². The maximum atomic E-state index is 12.5. The molecule has 1 saturated heterocycles. The van der Waals surface area contributed by atoms with Crippen molar-refractivity contribution in [2.24, 2.45) is 0 Å². The first-order chi connectivity index (χ1) is 11.6. The van der Waals surface area contributed by atoms with E-state index in [1.165, 1.54) is 0 Å². The number of carbonyl (C=O) groups is 1. The van der Waals surface area contributed by atoms with Gasteiger partial charge in [0.25, 0.3) is 5.91 Å². The smallest absolute Gasteiger partial charge is 0.274 e. The minimum atomic E-state index is 0.000418. The molecule has 0 atom stereocenters. The summed E-state index contributed by atoms with van der Waals surface area (Å²) < 4.78 is 5.39. The zero-order chi connectivity index (χ0) is 17.1. The molecule has 3 rings (SSSR count). The van der Waals surface area contributed by atoms with Crippen molar-refractivity contribution < 1.29 is 9.32 Å². The van der Waals surface area contributed by atoms with Gasteiger partial charge in [0.1, 0.15) is 5.69 Å². The number of hydrogen-bond acceptors (Lipinski definition) is 5. The Balaban J connectivity index is 1.58. The van der Waals surface area contributed by atoms with E-state index in [-0.39, 0.29) is 17.7 Å². The molecule has 0 bridgehead atoms. The van der Waals surface area contributed by atoms with Crippen molar-refractivity contribution in [3.63, 3.8) is 0 Å². The number of amides is 1. The Morgan fingerprint density at radius 1 is 1.42 bits per heavy atom. The third kappa shape index (κ3) is 3.49. The van der Waals surface area contributed by atoms with Gasteiger partial charge >= 0.3 is 0 Å². The number of aryl methyl sites for hydroxylation is 1. The molecular weight excluding hydrogens is 306 g/mol. The molecule has 0 saturated carbocycles. The Morgan fingerprint density at radius 2 is 2.17 bits per heavy atom. The Labute approximate surface area is 141 Å². The molecule has 1 aliphatic heterocycles. The molecule has 7 heteroatoms. The molecule has 1 N–H and O–H groups in total. The molecule has 24 heavy (non-hydrogen) atoms. The van der Waals surface area contributed by atoms with Gasteiger partial charge in [-0.25, -0.2) is 0 Å². The van der Waals surface area contributed by atoms with Crippen LogP contribution in [0, 0.1) is 0 Å². The van der Waals surface area contributed by atoms with E-state index in [9.17, 15) is 4.79 Å². The summed E-state index contributed by atoms with van der Waals surface area (Å²) in [4.78, 5) is 18.9. The summed E-state index contributed by atoms with van der Waals surface area (Å²) in [7, 11) is 0. The number of hydrogen-bond donors (Lipinski definition) is 1. The first kappa shape index (κ1) is 16.7. The zero-order valence-corrected chi connectivity index (χ0v) is 14.6. The Bertz CT molecular complexity index is 683. The number of nitrogens with zero attached hydrogens (tertiary/aromatic N) is 4. The molecule has 130 valence electrons. The molecule has 2 aromatic rings. The highest BCUT2D eigenvalue weighted by Gasteiger charge is 2.29. The number of nitrogens with one attached hydrogen (secondary N) is 1. The summed E-state index contributed by atoms with van der Waals surface area (Å²) in [6.07, 6.45) is 3.64. The van der Waals surface area contributed by atoms with Crippen molar-refractivity contribution in [3.05, 3.63) is 29.2 Å². The van der Waals surface area contributed by atoms with Crippen molar-refractivity contribution in [2.45, 2.75) is 58.3 Å². The monoisotopic (exact) mass is 331 g/mol. The van der Waals surface area contributed by atoms with Crippen LogP contribution in [-0.4, -0.2) is 44.2 Å². The molecule has 1 amide bonds. The van der Waals surface area contributed by atoms with Gasteiger partial charge in [0.15, 0.2) is 5.82 Å². The van der Waals surface area contributed by atoms with E-state index in [1.54, 1.807) is 0 Å². The number of aromatic nitrogens is 4. The van der Waals surface area contributed by atoms with Crippen LogP contribution < -0.4 is 0 Å². The molecule has 2 aromatic heterocycles. The fourth-order valence-electron chi connectivity index (χ4n) is 3.01. The first-order valence-electron chi connectivity index (χ1n) is 8.75. The van der Waals surface area contributed by atoms with Gasteiger partial charge in [-0.2, -0.15) is 10.1 Å². The molecule has 0 spiro atoms. The minimum absolute atomic E-state index is 0.000418. The van der Waals surface area contributed by atoms with Gasteiger partial charge in [0, 0.05) is 30.6 Å². The van der Waals surface area contributed by atoms with Gasteiger partial charge in [-0.1, -0.05) is 32.3 Å². The van der Waals surface area contributed by atoms with Crippen LogP contribution in [0.15, 0.2) is 10.6 Å². The van der Waals surface area contributed by atoms with Crippen LogP contribution in [-0.2, 0) is 6.42 Å². The lowest BCUT2D eigenvalue weighted by atomic mass is 9.96. The van der Waals surface area contributed by atoms with Gasteiger partial charge < -0.3 is 9.42 Å². The van der Waals surface area contributed by atoms with Gasteiger partial charge in [-0.3, -0.25) is 9.89 Å². The second kappa shape index (κ2) is 7.15. The highest BCUT2D eigenvalue weighted by Crippen LogP contribution is 2.28. The number of carbonyl (C=O) groups excluding carboxylic acids is 1. The molecule has 1 fully saturated rings. The predicted octanol–water partition coefficient (Wildman–Crippen LogP) is 2.89. The lowest BCUT2D eigenvalue weighted by Gasteiger charge is -2.29. The van der Waals surface area contributed by atoms with E-state index in [4.69, 9.17) is 4.52 Å². The average molecular weight is 331 g/mol. The summed E-state index contributed by atoms with van der Waals surface area (Å²) >= 11 is 0. The van der Waals surface area contributed by atoms with Crippen LogP contribution in [0.4, 0.5) is 0 Å². The molecule has 0 aromatic carbocycles. The fraction of sp³-hybridized carbons (Fsp3) is 0.647.